The van der Waals surface area contributed by atoms with Gasteiger partial charge in [-0.3, -0.25) is 4.79 Å². The molecule has 4 nitrogen and oxygen atoms in total. The van der Waals surface area contributed by atoms with E-state index in [4.69, 9.17) is 5.73 Å². The van der Waals surface area contributed by atoms with E-state index in [9.17, 15) is 13.2 Å². The van der Waals surface area contributed by atoms with Gasteiger partial charge in [0.25, 0.3) is 0 Å². The minimum Gasteiger partial charge on any atom is -0.326 e. The molecule has 0 aliphatic carbocycles. The number of sulfone groups is 1. The summed E-state index contributed by atoms with van der Waals surface area (Å²) in [7, 11) is -3.15. The number of ketones is 1. The van der Waals surface area contributed by atoms with Crippen molar-refractivity contribution in [3.63, 3.8) is 0 Å². The fourth-order valence-corrected chi connectivity index (χ4v) is 2.38. The van der Waals surface area contributed by atoms with Crippen LogP contribution in [0.3, 0.4) is 0 Å². The number of rotatable bonds is 6. The van der Waals surface area contributed by atoms with E-state index in [1.54, 1.807) is 38.1 Å². The van der Waals surface area contributed by atoms with Crippen LogP contribution < -0.4 is 5.73 Å². The molecule has 5 heteroatoms. The van der Waals surface area contributed by atoms with E-state index in [1.807, 2.05) is 0 Å². The summed E-state index contributed by atoms with van der Waals surface area (Å²) in [6.07, 6.45) is 0.0302. The fourth-order valence-electron chi connectivity index (χ4n) is 1.44. The van der Waals surface area contributed by atoms with Crippen molar-refractivity contribution in [3.8, 4) is 0 Å². The first-order valence-electron chi connectivity index (χ1n) is 5.90. The monoisotopic (exact) mass is 269 g/mol. The van der Waals surface area contributed by atoms with E-state index in [-0.39, 0.29) is 18.0 Å². The highest BCUT2D eigenvalue weighted by atomic mass is 32.2. The highest BCUT2D eigenvalue weighted by Crippen LogP contribution is 2.09. The zero-order chi connectivity index (χ0) is 13.8. The lowest BCUT2D eigenvalue weighted by Crippen LogP contribution is -2.19. The molecule has 18 heavy (non-hydrogen) atoms. The van der Waals surface area contributed by atoms with Gasteiger partial charge in [-0.15, -0.1) is 0 Å². The van der Waals surface area contributed by atoms with Crippen LogP contribution >= 0.6 is 0 Å². The average molecular weight is 269 g/mol. The van der Waals surface area contributed by atoms with Crippen molar-refractivity contribution in [1.82, 2.24) is 0 Å². The molecule has 0 fully saturated rings. The second kappa shape index (κ2) is 6.11. The van der Waals surface area contributed by atoms with Crippen LogP contribution in [-0.4, -0.2) is 25.2 Å². The fraction of sp³-hybridized carbons (Fsp3) is 0.462. The van der Waals surface area contributed by atoms with Gasteiger partial charge in [-0.05, 0) is 19.4 Å². The zero-order valence-corrected chi connectivity index (χ0v) is 11.5. The molecule has 0 atom stereocenters. The van der Waals surface area contributed by atoms with E-state index in [0.29, 0.717) is 12.1 Å². The van der Waals surface area contributed by atoms with Gasteiger partial charge in [0.2, 0.25) is 0 Å². The second-order valence-electron chi connectivity index (χ2n) is 4.49. The largest absolute Gasteiger partial charge is 0.326 e. The summed E-state index contributed by atoms with van der Waals surface area (Å²) in [5.41, 5.74) is 6.94. The maximum absolute atomic E-state index is 11.8. The Kier molecular flexibility index (Phi) is 5.04. The quantitative estimate of drug-likeness (QED) is 0.795. The van der Waals surface area contributed by atoms with Gasteiger partial charge in [0, 0.05) is 18.5 Å². The predicted molar refractivity (Wildman–Crippen MR) is 72.2 cm³/mol. The third-order valence-corrected chi connectivity index (χ3v) is 5.05. The van der Waals surface area contributed by atoms with Gasteiger partial charge in [0.1, 0.15) is 0 Å². The number of hydrogen-bond donors (Lipinski definition) is 1. The molecule has 1 aromatic carbocycles. The minimum atomic E-state index is -3.15. The smallest absolute Gasteiger partial charge is 0.163 e. The van der Waals surface area contributed by atoms with Gasteiger partial charge in [0.05, 0.1) is 11.0 Å². The van der Waals surface area contributed by atoms with Crippen LogP contribution in [0.1, 0.15) is 36.2 Å². The number of hydrogen-bond acceptors (Lipinski definition) is 4. The first-order chi connectivity index (χ1) is 8.36. The van der Waals surface area contributed by atoms with Crippen LogP contribution in [0.25, 0.3) is 0 Å². The van der Waals surface area contributed by atoms with Crippen LogP contribution in [0.2, 0.25) is 0 Å². The highest BCUT2D eigenvalue weighted by Gasteiger charge is 2.18. The molecule has 0 amide bonds. The Morgan fingerprint density at radius 2 is 1.78 bits per heavy atom. The van der Waals surface area contributed by atoms with Gasteiger partial charge in [-0.25, -0.2) is 8.42 Å². The summed E-state index contributed by atoms with van der Waals surface area (Å²) >= 11 is 0. The van der Waals surface area contributed by atoms with Gasteiger partial charge < -0.3 is 5.73 Å². The Morgan fingerprint density at radius 1 is 1.22 bits per heavy atom. The summed E-state index contributed by atoms with van der Waals surface area (Å²) in [4.78, 5) is 11.8. The van der Waals surface area contributed by atoms with Crippen LogP contribution in [0, 0.1) is 0 Å². The van der Waals surface area contributed by atoms with Crippen molar-refractivity contribution in [2.45, 2.75) is 32.1 Å². The van der Waals surface area contributed by atoms with E-state index in [2.05, 4.69) is 0 Å². The Labute approximate surface area is 108 Å². The molecule has 100 valence electrons. The highest BCUT2D eigenvalue weighted by molar-refractivity contribution is 7.91. The maximum Gasteiger partial charge on any atom is 0.163 e. The maximum atomic E-state index is 11.8. The minimum absolute atomic E-state index is 0.0302. The molecule has 0 bridgehead atoms. The summed E-state index contributed by atoms with van der Waals surface area (Å²) in [5, 5.41) is -0.440. The topological polar surface area (TPSA) is 77.2 Å². The molecular formula is C13H19NO3S. The lowest BCUT2D eigenvalue weighted by Gasteiger charge is -2.07. The third kappa shape index (κ3) is 3.92. The average Bonchev–Trinajstić information content (AvgIpc) is 2.36. The summed E-state index contributed by atoms with van der Waals surface area (Å²) in [5.74, 6) is -0.245. The van der Waals surface area contributed by atoms with Crippen molar-refractivity contribution in [2.24, 2.45) is 5.73 Å². The van der Waals surface area contributed by atoms with Crippen molar-refractivity contribution in [2.75, 3.05) is 5.75 Å². The molecule has 0 radical (unpaired) electrons. The summed E-state index contributed by atoms with van der Waals surface area (Å²) in [6, 6.07) is 6.94. The van der Waals surface area contributed by atoms with Gasteiger partial charge in [-0.2, -0.15) is 0 Å². The van der Waals surface area contributed by atoms with Crippen LogP contribution in [0.5, 0.6) is 0 Å². The number of benzene rings is 1. The number of carbonyl (C=O) groups excluding carboxylic acids is 1. The summed E-state index contributed by atoms with van der Waals surface area (Å²) in [6.45, 7) is 3.67. The van der Waals surface area contributed by atoms with Gasteiger partial charge in [0.15, 0.2) is 15.6 Å². The van der Waals surface area contributed by atoms with Gasteiger partial charge in [-0.1, -0.05) is 24.3 Å². The SMILES string of the molecule is CC(C)S(=O)(=O)CCC(=O)c1ccc(CN)cc1. The van der Waals surface area contributed by atoms with Crippen LogP contribution in [0.4, 0.5) is 0 Å². The van der Waals surface area contributed by atoms with Crippen molar-refractivity contribution in [3.05, 3.63) is 35.4 Å². The molecule has 0 aromatic heterocycles. The second-order valence-corrected chi connectivity index (χ2v) is 7.17. The molecule has 0 unspecified atom stereocenters. The molecular weight excluding hydrogens is 250 g/mol. The standard InChI is InChI=1S/C13H19NO3S/c1-10(2)18(16,17)8-7-13(15)12-5-3-11(9-14)4-6-12/h3-6,10H,7-9,14H2,1-2H3. The Morgan fingerprint density at radius 3 is 2.22 bits per heavy atom. The third-order valence-electron chi connectivity index (χ3n) is 2.84. The van der Waals surface area contributed by atoms with Crippen LogP contribution in [-0.2, 0) is 16.4 Å². The first-order valence-corrected chi connectivity index (χ1v) is 7.62. The molecule has 0 spiro atoms. The molecule has 0 heterocycles. The number of Topliss-reactive ketones (excluding diaryl/α,β-unsaturated/α-hetero) is 1. The van der Waals surface area contributed by atoms with E-state index < -0.39 is 15.1 Å². The van der Waals surface area contributed by atoms with E-state index >= 15 is 0 Å². The number of carbonyl (C=O) groups is 1. The normalized spacial score (nSPS) is 11.8. The van der Waals surface area contributed by atoms with Crippen molar-refractivity contribution >= 4 is 15.6 Å². The Balaban J connectivity index is 2.66. The lowest BCUT2D eigenvalue weighted by molar-refractivity contribution is 0.0988. The Bertz CT molecular complexity index is 504. The van der Waals surface area contributed by atoms with E-state index in [0.717, 1.165) is 5.56 Å². The molecule has 1 aromatic rings. The van der Waals surface area contributed by atoms with E-state index in [1.165, 1.54) is 0 Å². The Hall–Kier alpha value is -1.20. The van der Waals surface area contributed by atoms with Gasteiger partial charge >= 0.3 is 0 Å². The number of nitrogens with two attached hydrogens (primary N) is 1. The lowest BCUT2D eigenvalue weighted by atomic mass is 10.1. The van der Waals surface area contributed by atoms with Crippen molar-refractivity contribution in [1.29, 1.82) is 0 Å². The molecule has 0 saturated heterocycles. The molecule has 2 N–H and O–H groups in total. The summed E-state index contributed by atoms with van der Waals surface area (Å²) < 4.78 is 23.2. The van der Waals surface area contributed by atoms with Crippen LogP contribution in [0.15, 0.2) is 24.3 Å². The molecule has 0 aliphatic rings. The predicted octanol–water partition coefficient (Wildman–Crippen LogP) is 1.54. The molecule has 1 rings (SSSR count). The molecule has 0 aliphatic heterocycles. The molecule has 0 saturated carbocycles. The first kappa shape index (κ1) is 14.9. The van der Waals surface area contributed by atoms with Crippen molar-refractivity contribution < 1.29 is 13.2 Å². The zero-order valence-electron chi connectivity index (χ0n) is 10.7.